The van der Waals surface area contributed by atoms with Crippen molar-refractivity contribution in [3.63, 3.8) is 0 Å². The smallest absolute Gasteiger partial charge is 0.196 e. The number of aliphatic hydroxyl groups is 1. The van der Waals surface area contributed by atoms with Gasteiger partial charge in [0.05, 0.1) is 24.7 Å². The highest BCUT2D eigenvalue weighted by Gasteiger charge is 2.17. The standard InChI is InChI=1S/C18H16O4/c1-11-16(20)13-8-9-15(21-2)14(10-19)18(13)22-17(11)12-6-4-3-5-7-12/h3-9,19H,10H2,1-2H3. The van der Waals surface area contributed by atoms with Crippen LogP contribution < -0.4 is 10.2 Å². The van der Waals surface area contributed by atoms with Gasteiger partial charge in [-0.2, -0.15) is 0 Å². The summed E-state index contributed by atoms with van der Waals surface area (Å²) in [6, 6.07) is 12.8. The molecule has 1 N–H and O–H groups in total. The zero-order valence-electron chi connectivity index (χ0n) is 12.4. The van der Waals surface area contributed by atoms with Crippen LogP contribution in [0.25, 0.3) is 22.3 Å². The number of benzene rings is 2. The molecule has 3 rings (SSSR count). The van der Waals surface area contributed by atoms with E-state index >= 15 is 0 Å². The minimum absolute atomic E-state index is 0.0996. The van der Waals surface area contributed by atoms with Crippen LogP contribution in [0.3, 0.4) is 0 Å². The van der Waals surface area contributed by atoms with Crippen LogP contribution >= 0.6 is 0 Å². The Morgan fingerprint density at radius 1 is 1.14 bits per heavy atom. The van der Waals surface area contributed by atoms with Gasteiger partial charge < -0.3 is 14.3 Å². The molecule has 0 radical (unpaired) electrons. The quantitative estimate of drug-likeness (QED) is 0.806. The molecule has 0 aliphatic carbocycles. The molecule has 0 spiro atoms. The number of methoxy groups -OCH3 is 1. The first-order valence-corrected chi connectivity index (χ1v) is 6.97. The van der Waals surface area contributed by atoms with Gasteiger partial charge in [0.15, 0.2) is 5.43 Å². The first kappa shape index (κ1) is 14.4. The predicted molar refractivity (Wildman–Crippen MR) is 85.1 cm³/mol. The van der Waals surface area contributed by atoms with Crippen molar-refractivity contribution >= 4 is 11.0 Å². The van der Waals surface area contributed by atoms with Crippen LogP contribution in [-0.4, -0.2) is 12.2 Å². The van der Waals surface area contributed by atoms with Gasteiger partial charge in [0, 0.05) is 11.1 Å². The van der Waals surface area contributed by atoms with Gasteiger partial charge >= 0.3 is 0 Å². The Morgan fingerprint density at radius 2 is 1.86 bits per heavy atom. The maximum absolute atomic E-state index is 12.6. The molecule has 1 aromatic heterocycles. The van der Waals surface area contributed by atoms with Gasteiger partial charge in [-0.15, -0.1) is 0 Å². The van der Waals surface area contributed by atoms with Crippen molar-refractivity contribution in [1.82, 2.24) is 0 Å². The lowest BCUT2D eigenvalue weighted by Gasteiger charge is -2.12. The molecular weight excluding hydrogens is 280 g/mol. The Labute approximate surface area is 127 Å². The van der Waals surface area contributed by atoms with Gasteiger partial charge in [-0.3, -0.25) is 4.79 Å². The maximum Gasteiger partial charge on any atom is 0.196 e. The number of ether oxygens (including phenoxy) is 1. The van der Waals surface area contributed by atoms with E-state index < -0.39 is 0 Å². The summed E-state index contributed by atoms with van der Waals surface area (Å²) in [5.74, 6) is 1.02. The molecular formula is C18H16O4. The van der Waals surface area contributed by atoms with Crippen LogP contribution in [0.15, 0.2) is 51.7 Å². The molecule has 1 heterocycles. The second-order valence-electron chi connectivity index (χ2n) is 5.03. The SMILES string of the molecule is COc1ccc2c(=O)c(C)c(-c3ccccc3)oc2c1CO. The summed E-state index contributed by atoms with van der Waals surface area (Å²) in [6.45, 7) is 1.48. The third-order valence-corrected chi connectivity index (χ3v) is 3.76. The van der Waals surface area contributed by atoms with E-state index in [0.29, 0.717) is 33.6 Å². The maximum atomic E-state index is 12.6. The third kappa shape index (κ3) is 2.18. The summed E-state index contributed by atoms with van der Waals surface area (Å²) in [4.78, 5) is 12.6. The van der Waals surface area contributed by atoms with Crippen LogP contribution in [0.1, 0.15) is 11.1 Å². The Balaban J connectivity index is 2.41. The Hall–Kier alpha value is -2.59. The van der Waals surface area contributed by atoms with Crippen LogP contribution in [0.4, 0.5) is 0 Å². The van der Waals surface area contributed by atoms with Crippen molar-refractivity contribution in [1.29, 1.82) is 0 Å². The Morgan fingerprint density at radius 3 is 2.50 bits per heavy atom. The number of fused-ring (bicyclic) bond motifs is 1. The number of rotatable bonds is 3. The summed E-state index contributed by atoms with van der Waals surface area (Å²) in [7, 11) is 1.52. The molecule has 0 unspecified atom stereocenters. The summed E-state index contributed by atoms with van der Waals surface area (Å²) < 4.78 is 11.2. The van der Waals surface area contributed by atoms with E-state index in [1.54, 1.807) is 19.1 Å². The Kier molecular flexibility index (Phi) is 3.69. The molecule has 3 aromatic rings. The van der Waals surface area contributed by atoms with Crippen molar-refractivity contribution in [2.24, 2.45) is 0 Å². The van der Waals surface area contributed by atoms with Crippen LogP contribution in [0.2, 0.25) is 0 Å². The first-order valence-electron chi connectivity index (χ1n) is 6.97. The van der Waals surface area contributed by atoms with E-state index in [1.165, 1.54) is 7.11 Å². The zero-order chi connectivity index (χ0) is 15.7. The highest BCUT2D eigenvalue weighted by Crippen LogP contribution is 2.31. The minimum atomic E-state index is -0.263. The van der Waals surface area contributed by atoms with E-state index in [4.69, 9.17) is 9.15 Å². The van der Waals surface area contributed by atoms with Crippen molar-refractivity contribution in [3.05, 3.63) is 63.8 Å². The van der Waals surface area contributed by atoms with E-state index in [0.717, 1.165) is 5.56 Å². The molecule has 22 heavy (non-hydrogen) atoms. The van der Waals surface area contributed by atoms with Crippen LogP contribution in [0.5, 0.6) is 5.75 Å². The largest absolute Gasteiger partial charge is 0.496 e. The second-order valence-corrected chi connectivity index (χ2v) is 5.03. The number of hydrogen-bond donors (Lipinski definition) is 1. The fourth-order valence-electron chi connectivity index (χ4n) is 2.59. The molecule has 112 valence electrons. The first-order chi connectivity index (χ1) is 10.7. The van der Waals surface area contributed by atoms with Gasteiger partial charge in [-0.1, -0.05) is 30.3 Å². The summed E-state index contributed by atoms with van der Waals surface area (Å²) >= 11 is 0. The van der Waals surface area contributed by atoms with Gasteiger partial charge in [-0.25, -0.2) is 0 Å². The third-order valence-electron chi connectivity index (χ3n) is 3.76. The number of aliphatic hydroxyl groups excluding tert-OH is 1. The monoisotopic (exact) mass is 296 g/mol. The highest BCUT2D eigenvalue weighted by atomic mass is 16.5. The van der Waals surface area contributed by atoms with Crippen molar-refractivity contribution in [2.45, 2.75) is 13.5 Å². The fraction of sp³-hybridized carbons (Fsp3) is 0.167. The highest BCUT2D eigenvalue weighted by molar-refractivity contribution is 5.84. The topological polar surface area (TPSA) is 59.7 Å². The zero-order valence-corrected chi connectivity index (χ0v) is 12.4. The van der Waals surface area contributed by atoms with Gasteiger partial charge in [0.2, 0.25) is 0 Å². The lowest BCUT2D eigenvalue weighted by Crippen LogP contribution is -2.09. The van der Waals surface area contributed by atoms with Gasteiger partial charge in [-0.05, 0) is 19.1 Å². The molecule has 0 aliphatic heterocycles. The van der Waals surface area contributed by atoms with E-state index in [2.05, 4.69) is 0 Å². The Bertz CT molecular complexity index is 879. The van der Waals surface area contributed by atoms with Gasteiger partial charge in [0.25, 0.3) is 0 Å². The van der Waals surface area contributed by atoms with E-state index in [-0.39, 0.29) is 12.0 Å². The lowest BCUT2D eigenvalue weighted by molar-refractivity contribution is 0.273. The molecule has 4 nitrogen and oxygen atoms in total. The molecule has 2 aromatic carbocycles. The molecule has 0 bridgehead atoms. The average Bonchev–Trinajstić information content (AvgIpc) is 2.57. The second kappa shape index (κ2) is 5.66. The molecule has 0 fully saturated rings. The number of hydrogen-bond acceptors (Lipinski definition) is 4. The van der Waals surface area contributed by atoms with Crippen LogP contribution in [0, 0.1) is 6.92 Å². The van der Waals surface area contributed by atoms with Crippen molar-refractivity contribution in [3.8, 4) is 17.1 Å². The predicted octanol–water partition coefficient (Wildman–Crippen LogP) is 3.27. The van der Waals surface area contributed by atoms with Crippen LogP contribution in [-0.2, 0) is 6.61 Å². The van der Waals surface area contributed by atoms with Crippen molar-refractivity contribution < 1.29 is 14.3 Å². The normalized spacial score (nSPS) is 10.9. The summed E-state index contributed by atoms with van der Waals surface area (Å²) in [6.07, 6.45) is 0. The van der Waals surface area contributed by atoms with E-state index in [9.17, 15) is 9.90 Å². The molecule has 4 heteroatoms. The molecule has 0 saturated heterocycles. The summed E-state index contributed by atoms with van der Waals surface area (Å²) in [5, 5.41) is 10.1. The minimum Gasteiger partial charge on any atom is -0.496 e. The summed E-state index contributed by atoms with van der Waals surface area (Å²) in [5.41, 5.74) is 2.13. The molecule has 0 aliphatic rings. The van der Waals surface area contributed by atoms with Gasteiger partial charge in [0.1, 0.15) is 17.1 Å². The molecule has 0 amide bonds. The van der Waals surface area contributed by atoms with Crippen molar-refractivity contribution in [2.75, 3.05) is 7.11 Å². The van der Waals surface area contributed by atoms with E-state index in [1.807, 2.05) is 30.3 Å². The average molecular weight is 296 g/mol. The molecule has 0 atom stereocenters. The fourth-order valence-corrected chi connectivity index (χ4v) is 2.59. The lowest BCUT2D eigenvalue weighted by atomic mass is 10.0. The molecule has 0 saturated carbocycles.